The number of hydrogen-bond donors (Lipinski definition) is 2. The second-order valence-corrected chi connectivity index (χ2v) is 6.24. The molecule has 0 atom stereocenters. The number of hydrogen-bond acceptors (Lipinski definition) is 2. The number of carbonyl (C=O) groups excluding carboxylic acids is 1. The van der Waals surface area contributed by atoms with Crippen LogP contribution >= 0.6 is 0 Å². The lowest BCUT2D eigenvalue weighted by Gasteiger charge is -2.12. The lowest BCUT2D eigenvalue weighted by Crippen LogP contribution is -2.24. The van der Waals surface area contributed by atoms with E-state index in [1.807, 2.05) is 37.4 Å². The van der Waals surface area contributed by atoms with Crippen LogP contribution in [0.5, 0.6) is 0 Å². The summed E-state index contributed by atoms with van der Waals surface area (Å²) in [6.07, 6.45) is 4.33. The van der Waals surface area contributed by atoms with Gasteiger partial charge < -0.3 is 5.32 Å². The van der Waals surface area contributed by atoms with Gasteiger partial charge in [-0.15, -0.1) is 0 Å². The van der Waals surface area contributed by atoms with E-state index in [0.717, 1.165) is 22.0 Å². The van der Waals surface area contributed by atoms with E-state index in [9.17, 15) is 4.79 Å². The van der Waals surface area contributed by atoms with Crippen LogP contribution in [0.1, 0.15) is 45.8 Å². The Labute approximate surface area is 134 Å². The van der Waals surface area contributed by atoms with Crippen LogP contribution in [0.2, 0.25) is 0 Å². The Bertz CT molecular complexity index is 877. The number of aromatic nitrogens is 2. The first kappa shape index (κ1) is 14.0. The van der Waals surface area contributed by atoms with Crippen molar-refractivity contribution >= 4 is 16.8 Å². The maximum Gasteiger partial charge on any atom is 0.251 e. The third-order valence-electron chi connectivity index (χ3n) is 4.60. The van der Waals surface area contributed by atoms with Gasteiger partial charge in [0.05, 0.1) is 11.7 Å². The molecular formula is C19H19N3O. The van der Waals surface area contributed by atoms with Crippen molar-refractivity contribution < 1.29 is 4.79 Å². The lowest BCUT2D eigenvalue weighted by atomic mass is 9.99. The van der Waals surface area contributed by atoms with E-state index in [2.05, 4.69) is 27.6 Å². The first-order valence-corrected chi connectivity index (χ1v) is 8.02. The molecular weight excluding hydrogens is 286 g/mol. The molecule has 1 saturated carbocycles. The molecule has 0 saturated heterocycles. The molecule has 2 aromatic carbocycles. The van der Waals surface area contributed by atoms with Gasteiger partial charge in [0, 0.05) is 17.5 Å². The van der Waals surface area contributed by atoms with Crippen molar-refractivity contribution in [3.05, 3.63) is 64.8 Å². The van der Waals surface area contributed by atoms with Crippen LogP contribution in [-0.4, -0.2) is 16.1 Å². The highest BCUT2D eigenvalue weighted by Crippen LogP contribution is 2.43. The minimum Gasteiger partial charge on any atom is -0.348 e. The van der Waals surface area contributed by atoms with Gasteiger partial charge in [0.2, 0.25) is 0 Å². The summed E-state index contributed by atoms with van der Waals surface area (Å²) in [5.41, 5.74) is 5.30. The predicted molar refractivity (Wildman–Crippen MR) is 90.4 cm³/mol. The maximum atomic E-state index is 12.5. The quantitative estimate of drug-likeness (QED) is 0.772. The molecule has 1 fully saturated rings. The summed E-state index contributed by atoms with van der Waals surface area (Å²) in [7, 11) is 0. The minimum absolute atomic E-state index is 0.0228. The number of aryl methyl sites for hydroxylation is 1. The van der Waals surface area contributed by atoms with Crippen molar-refractivity contribution in [2.45, 2.75) is 32.2 Å². The summed E-state index contributed by atoms with van der Waals surface area (Å²) in [6, 6.07) is 11.9. The SMILES string of the molecule is Cc1ccccc1C(=O)NCc1c(C2CC2)ccc2[nH]ncc12. The summed E-state index contributed by atoms with van der Waals surface area (Å²) in [5, 5.41) is 11.3. The first-order chi connectivity index (χ1) is 11.2. The van der Waals surface area contributed by atoms with E-state index >= 15 is 0 Å². The fourth-order valence-corrected chi connectivity index (χ4v) is 3.16. The average Bonchev–Trinajstić information content (AvgIpc) is 3.29. The van der Waals surface area contributed by atoms with Gasteiger partial charge in [0.15, 0.2) is 0 Å². The third kappa shape index (κ3) is 2.61. The number of nitrogens with zero attached hydrogens (tertiary/aromatic N) is 1. The molecule has 3 aromatic rings. The molecule has 2 N–H and O–H groups in total. The molecule has 116 valence electrons. The second-order valence-electron chi connectivity index (χ2n) is 6.24. The third-order valence-corrected chi connectivity index (χ3v) is 4.60. The van der Waals surface area contributed by atoms with E-state index in [1.165, 1.54) is 24.0 Å². The Morgan fingerprint density at radius 2 is 2.09 bits per heavy atom. The van der Waals surface area contributed by atoms with Gasteiger partial charge in [-0.3, -0.25) is 9.89 Å². The predicted octanol–water partition coefficient (Wildman–Crippen LogP) is 3.68. The molecule has 0 unspecified atom stereocenters. The molecule has 1 heterocycles. The maximum absolute atomic E-state index is 12.5. The van der Waals surface area contributed by atoms with Gasteiger partial charge in [-0.1, -0.05) is 24.3 Å². The van der Waals surface area contributed by atoms with Crippen LogP contribution in [0.25, 0.3) is 10.9 Å². The first-order valence-electron chi connectivity index (χ1n) is 8.02. The number of benzene rings is 2. The topological polar surface area (TPSA) is 57.8 Å². The highest BCUT2D eigenvalue weighted by Gasteiger charge is 2.27. The fourth-order valence-electron chi connectivity index (χ4n) is 3.16. The van der Waals surface area contributed by atoms with Crippen molar-refractivity contribution in [3.8, 4) is 0 Å². The van der Waals surface area contributed by atoms with Crippen molar-refractivity contribution in [2.75, 3.05) is 0 Å². The molecule has 23 heavy (non-hydrogen) atoms. The normalized spacial score (nSPS) is 14.1. The molecule has 4 nitrogen and oxygen atoms in total. The molecule has 4 heteroatoms. The van der Waals surface area contributed by atoms with Crippen LogP contribution in [0.15, 0.2) is 42.6 Å². The minimum atomic E-state index is -0.0228. The number of carbonyl (C=O) groups is 1. The van der Waals surface area contributed by atoms with Gasteiger partial charge in [-0.25, -0.2) is 0 Å². The Hall–Kier alpha value is -2.62. The molecule has 0 radical (unpaired) electrons. The number of amides is 1. The van der Waals surface area contributed by atoms with E-state index in [1.54, 1.807) is 0 Å². The summed E-state index contributed by atoms with van der Waals surface area (Å²) in [6.45, 7) is 2.50. The lowest BCUT2D eigenvalue weighted by molar-refractivity contribution is 0.0950. The molecule has 0 bridgehead atoms. The number of aromatic amines is 1. The molecule has 4 rings (SSSR count). The van der Waals surface area contributed by atoms with Crippen LogP contribution in [0.4, 0.5) is 0 Å². The highest BCUT2D eigenvalue weighted by atomic mass is 16.1. The largest absolute Gasteiger partial charge is 0.348 e. The van der Waals surface area contributed by atoms with Gasteiger partial charge in [-0.05, 0) is 54.5 Å². The molecule has 0 aliphatic heterocycles. The van der Waals surface area contributed by atoms with Gasteiger partial charge in [0.25, 0.3) is 5.91 Å². The van der Waals surface area contributed by atoms with Crippen molar-refractivity contribution in [1.29, 1.82) is 0 Å². The Morgan fingerprint density at radius 1 is 1.26 bits per heavy atom. The summed E-state index contributed by atoms with van der Waals surface area (Å²) in [5.74, 6) is 0.616. The number of nitrogens with one attached hydrogen (secondary N) is 2. The van der Waals surface area contributed by atoms with Crippen molar-refractivity contribution in [2.24, 2.45) is 0 Å². The van der Waals surface area contributed by atoms with Crippen LogP contribution in [-0.2, 0) is 6.54 Å². The van der Waals surface area contributed by atoms with E-state index < -0.39 is 0 Å². The zero-order valence-corrected chi connectivity index (χ0v) is 13.1. The van der Waals surface area contributed by atoms with E-state index in [-0.39, 0.29) is 5.91 Å². The standard InChI is InChI=1S/C19H19N3O/c1-12-4-2-3-5-14(12)19(23)20-10-16-15(13-6-7-13)8-9-18-17(16)11-21-22-18/h2-5,8-9,11,13H,6-7,10H2,1H3,(H,20,23)(H,21,22). The smallest absolute Gasteiger partial charge is 0.251 e. The highest BCUT2D eigenvalue weighted by molar-refractivity contribution is 5.96. The average molecular weight is 305 g/mol. The molecule has 1 aliphatic rings. The van der Waals surface area contributed by atoms with Crippen LogP contribution in [0.3, 0.4) is 0 Å². The zero-order valence-electron chi connectivity index (χ0n) is 13.1. The Balaban J connectivity index is 1.62. The zero-order chi connectivity index (χ0) is 15.8. The number of H-pyrrole nitrogens is 1. The van der Waals surface area contributed by atoms with Crippen molar-refractivity contribution in [1.82, 2.24) is 15.5 Å². The molecule has 1 amide bonds. The fraction of sp³-hybridized carbons (Fsp3) is 0.263. The van der Waals surface area contributed by atoms with Crippen LogP contribution in [0, 0.1) is 6.92 Å². The van der Waals surface area contributed by atoms with Gasteiger partial charge >= 0.3 is 0 Å². The van der Waals surface area contributed by atoms with E-state index in [4.69, 9.17) is 0 Å². The number of fused-ring (bicyclic) bond motifs is 1. The Morgan fingerprint density at radius 3 is 2.87 bits per heavy atom. The van der Waals surface area contributed by atoms with Gasteiger partial charge in [0.1, 0.15) is 0 Å². The monoisotopic (exact) mass is 305 g/mol. The summed E-state index contributed by atoms with van der Waals surface area (Å²) < 4.78 is 0. The number of rotatable bonds is 4. The summed E-state index contributed by atoms with van der Waals surface area (Å²) >= 11 is 0. The molecule has 1 aromatic heterocycles. The molecule has 1 aliphatic carbocycles. The second kappa shape index (κ2) is 5.54. The van der Waals surface area contributed by atoms with Gasteiger partial charge in [-0.2, -0.15) is 5.10 Å². The van der Waals surface area contributed by atoms with Crippen molar-refractivity contribution in [3.63, 3.8) is 0 Å². The molecule has 0 spiro atoms. The summed E-state index contributed by atoms with van der Waals surface area (Å²) in [4.78, 5) is 12.5. The Kier molecular flexibility index (Phi) is 3.37. The van der Waals surface area contributed by atoms with E-state index in [0.29, 0.717) is 12.5 Å². The van der Waals surface area contributed by atoms with Crippen LogP contribution < -0.4 is 5.32 Å².